The predicted molar refractivity (Wildman–Crippen MR) is 121 cm³/mol. The Labute approximate surface area is 181 Å². The quantitative estimate of drug-likeness (QED) is 0.255. The molecule has 3 aromatic rings. The molecule has 0 fully saturated rings. The molecule has 30 heavy (non-hydrogen) atoms. The van der Waals surface area contributed by atoms with Crippen LogP contribution < -0.4 is 10.9 Å². The number of carbonyl (C=O) groups excluding carboxylic acids is 1. The van der Waals surface area contributed by atoms with Crippen molar-refractivity contribution < 1.29 is 9.72 Å². The summed E-state index contributed by atoms with van der Waals surface area (Å²) in [6.45, 7) is 9.34. The van der Waals surface area contributed by atoms with Crippen LogP contribution in [0.15, 0.2) is 34.2 Å². The Kier molecular flexibility index (Phi) is 6.27. The molecule has 2 heterocycles. The summed E-state index contributed by atoms with van der Waals surface area (Å²) >= 11 is 2.62. The molecule has 1 N–H and O–H groups in total. The molecule has 0 saturated heterocycles. The molecule has 8 nitrogen and oxygen atoms in total. The first-order valence-corrected chi connectivity index (χ1v) is 11.0. The Bertz CT molecular complexity index is 1200. The SMILES string of the molecule is Cc1sc2nc(SC(C)C(=O)Nc3ccccc3[N+](=O)[O-])n(C(C)C)c(=O)c2c1C. The van der Waals surface area contributed by atoms with Gasteiger partial charge in [-0.25, -0.2) is 4.98 Å². The Hall–Kier alpha value is -2.72. The summed E-state index contributed by atoms with van der Waals surface area (Å²) in [6.07, 6.45) is 0. The highest BCUT2D eigenvalue weighted by Crippen LogP contribution is 2.31. The fourth-order valence-corrected chi connectivity index (χ4v) is 5.12. The molecule has 0 aliphatic carbocycles. The summed E-state index contributed by atoms with van der Waals surface area (Å²) in [7, 11) is 0. The van der Waals surface area contributed by atoms with E-state index in [2.05, 4.69) is 10.3 Å². The monoisotopic (exact) mass is 446 g/mol. The van der Waals surface area contributed by atoms with Crippen molar-refractivity contribution in [2.24, 2.45) is 0 Å². The van der Waals surface area contributed by atoms with Crippen molar-refractivity contribution in [3.05, 3.63) is 55.2 Å². The van der Waals surface area contributed by atoms with Crippen molar-refractivity contribution in [1.29, 1.82) is 0 Å². The molecular weight excluding hydrogens is 424 g/mol. The zero-order valence-corrected chi connectivity index (χ0v) is 18.9. The number of aryl methyl sites for hydroxylation is 2. The number of aromatic nitrogens is 2. The van der Waals surface area contributed by atoms with Crippen LogP contribution in [0.4, 0.5) is 11.4 Å². The van der Waals surface area contributed by atoms with Crippen LogP contribution >= 0.6 is 23.1 Å². The molecule has 1 atom stereocenters. The van der Waals surface area contributed by atoms with Crippen molar-refractivity contribution in [2.45, 2.75) is 51.1 Å². The number of benzene rings is 1. The molecule has 10 heteroatoms. The summed E-state index contributed by atoms with van der Waals surface area (Å²) in [4.78, 5) is 42.8. The number of thioether (sulfide) groups is 1. The van der Waals surface area contributed by atoms with E-state index in [9.17, 15) is 19.7 Å². The average molecular weight is 447 g/mol. The lowest BCUT2D eigenvalue weighted by molar-refractivity contribution is -0.383. The maximum absolute atomic E-state index is 13.1. The van der Waals surface area contributed by atoms with Gasteiger partial charge in [0.25, 0.3) is 11.2 Å². The van der Waals surface area contributed by atoms with Gasteiger partial charge < -0.3 is 5.32 Å². The maximum atomic E-state index is 13.1. The van der Waals surface area contributed by atoms with Gasteiger partial charge in [0.1, 0.15) is 10.5 Å². The summed E-state index contributed by atoms with van der Waals surface area (Å²) in [5.74, 6) is -0.405. The van der Waals surface area contributed by atoms with Crippen molar-refractivity contribution in [3.63, 3.8) is 0 Å². The van der Waals surface area contributed by atoms with E-state index in [1.807, 2.05) is 27.7 Å². The molecule has 0 spiro atoms. The first kappa shape index (κ1) is 22.0. The summed E-state index contributed by atoms with van der Waals surface area (Å²) < 4.78 is 1.60. The van der Waals surface area contributed by atoms with Crippen LogP contribution in [-0.2, 0) is 4.79 Å². The fraction of sp³-hybridized carbons (Fsp3) is 0.350. The number of para-hydroxylation sites is 2. The van der Waals surface area contributed by atoms with Gasteiger partial charge in [-0.15, -0.1) is 11.3 Å². The highest BCUT2D eigenvalue weighted by molar-refractivity contribution is 8.00. The molecule has 2 aromatic heterocycles. The minimum absolute atomic E-state index is 0.120. The second kappa shape index (κ2) is 8.57. The number of carbonyl (C=O) groups is 1. The van der Waals surface area contributed by atoms with E-state index in [1.54, 1.807) is 17.6 Å². The molecule has 0 aliphatic rings. The van der Waals surface area contributed by atoms with Crippen molar-refractivity contribution in [1.82, 2.24) is 9.55 Å². The molecule has 0 saturated carbocycles. The van der Waals surface area contributed by atoms with E-state index in [4.69, 9.17) is 0 Å². The summed E-state index contributed by atoms with van der Waals surface area (Å²) in [5, 5.41) is 14.2. The van der Waals surface area contributed by atoms with Gasteiger partial charge in [0.15, 0.2) is 5.16 Å². The first-order valence-electron chi connectivity index (χ1n) is 9.35. The number of fused-ring (bicyclic) bond motifs is 1. The van der Waals surface area contributed by atoms with Gasteiger partial charge in [-0.2, -0.15) is 0 Å². The number of thiophene rings is 1. The molecular formula is C20H22N4O4S2. The van der Waals surface area contributed by atoms with Gasteiger partial charge in [0, 0.05) is 17.0 Å². The van der Waals surface area contributed by atoms with E-state index in [1.165, 1.54) is 29.5 Å². The molecule has 0 radical (unpaired) electrons. The smallest absolute Gasteiger partial charge is 0.292 e. The van der Waals surface area contributed by atoms with Crippen LogP contribution in [0.2, 0.25) is 0 Å². The lowest BCUT2D eigenvalue weighted by Gasteiger charge is -2.18. The Morgan fingerprint density at radius 2 is 1.93 bits per heavy atom. The van der Waals surface area contributed by atoms with E-state index < -0.39 is 16.1 Å². The third-order valence-corrected chi connectivity index (χ3v) is 6.90. The molecule has 3 rings (SSSR count). The van der Waals surface area contributed by atoms with E-state index in [0.29, 0.717) is 15.4 Å². The van der Waals surface area contributed by atoms with Crippen LogP contribution in [-0.4, -0.2) is 25.6 Å². The van der Waals surface area contributed by atoms with E-state index in [0.717, 1.165) is 22.2 Å². The van der Waals surface area contributed by atoms with Gasteiger partial charge in [-0.1, -0.05) is 23.9 Å². The van der Waals surface area contributed by atoms with Crippen molar-refractivity contribution in [2.75, 3.05) is 5.32 Å². The Balaban J connectivity index is 1.94. The van der Waals surface area contributed by atoms with Gasteiger partial charge in [-0.3, -0.25) is 24.3 Å². The highest BCUT2D eigenvalue weighted by Gasteiger charge is 2.24. The number of nitrogens with zero attached hydrogens (tertiary/aromatic N) is 3. The second-order valence-electron chi connectivity index (χ2n) is 7.15. The molecule has 1 amide bonds. The third kappa shape index (κ3) is 4.10. The van der Waals surface area contributed by atoms with Crippen LogP contribution in [0.3, 0.4) is 0 Å². The number of hydrogen-bond donors (Lipinski definition) is 1. The van der Waals surface area contributed by atoms with Gasteiger partial charge in [0.2, 0.25) is 5.91 Å². The highest BCUT2D eigenvalue weighted by atomic mass is 32.2. The number of amides is 1. The average Bonchev–Trinajstić information content (AvgIpc) is 2.95. The molecule has 0 bridgehead atoms. The fourth-order valence-electron chi connectivity index (χ4n) is 3.01. The lowest BCUT2D eigenvalue weighted by atomic mass is 10.2. The number of nitro groups is 1. The number of nitrogens with one attached hydrogen (secondary N) is 1. The zero-order valence-electron chi connectivity index (χ0n) is 17.3. The Morgan fingerprint density at radius 1 is 1.27 bits per heavy atom. The standard InChI is InChI=1S/C20H22N4O4S2/c1-10(2)23-19(26)16-11(3)12(4)29-18(16)22-20(23)30-13(5)17(25)21-14-8-6-7-9-15(14)24(27)28/h6-10,13H,1-5H3,(H,21,25). The van der Waals surface area contributed by atoms with Crippen LogP contribution in [0.5, 0.6) is 0 Å². The first-order chi connectivity index (χ1) is 14.1. The van der Waals surface area contributed by atoms with Crippen LogP contribution in [0, 0.1) is 24.0 Å². The minimum atomic E-state index is -0.624. The second-order valence-corrected chi connectivity index (χ2v) is 9.66. The van der Waals surface area contributed by atoms with Gasteiger partial charge in [-0.05, 0) is 46.2 Å². The molecule has 158 valence electrons. The number of hydrogen-bond acceptors (Lipinski definition) is 7. The maximum Gasteiger partial charge on any atom is 0.292 e. The topological polar surface area (TPSA) is 107 Å². The van der Waals surface area contributed by atoms with Gasteiger partial charge in [0.05, 0.1) is 15.6 Å². The van der Waals surface area contributed by atoms with E-state index >= 15 is 0 Å². The number of nitro benzene ring substituents is 1. The van der Waals surface area contributed by atoms with Crippen LogP contribution in [0.1, 0.15) is 37.3 Å². The predicted octanol–water partition coefficient (Wildman–Crippen LogP) is 4.68. The van der Waals surface area contributed by atoms with E-state index in [-0.39, 0.29) is 23.0 Å². The molecule has 1 aromatic carbocycles. The molecule has 1 unspecified atom stereocenters. The summed E-state index contributed by atoms with van der Waals surface area (Å²) in [6, 6.07) is 5.84. The lowest BCUT2D eigenvalue weighted by Crippen LogP contribution is -2.28. The van der Waals surface area contributed by atoms with Gasteiger partial charge >= 0.3 is 0 Å². The third-order valence-electron chi connectivity index (χ3n) is 4.73. The van der Waals surface area contributed by atoms with Crippen LogP contribution in [0.25, 0.3) is 10.2 Å². The zero-order chi connectivity index (χ0) is 22.2. The largest absolute Gasteiger partial charge is 0.319 e. The number of rotatable bonds is 6. The normalized spacial score (nSPS) is 12.3. The molecule has 0 aliphatic heterocycles. The Morgan fingerprint density at radius 3 is 2.57 bits per heavy atom. The summed E-state index contributed by atoms with van der Waals surface area (Å²) in [5.41, 5.74) is 0.770. The number of anilines is 1. The minimum Gasteiger partial charge on any atom is -0.319 e. The van der Waals surface area contributed by atoms with Crippen molar-refractivity contribution >= 4 is 50.6 Å². The van der Waals surface area contributed by atoms with Crippen molar-refractivity contribution in [3.8, 4) is 0 Å².